The summed E-state index contributed by atoms with van der Waals surface area (Å²) in [7, 11) is 0. The summed E-state index contributed by atoms with van der Waals surface area (Å²) in [4.78, 5) is 4.72. The molecule has 0 atom stereocenters. The van der Waals surface area contributed by atoms with Crippen LogP contribution in [0.1, 0.15) is 18.5 Å². The summed E-state index contributed by atoms with van der Waals surface area (Å²) in [6.45, 7) is 0. The molecule has 4 aromatic heterocycles. The lowest BCUT2D eigenvalue weighted by atomic mass is 9.90. The van der Waals surface area contributed by atoms with Crippen LogP contribution in [-0.4, -0.2) is 15.9 Å². The van der Waals surface area contributed by atoms with Crippen molar-refractivity contribution in [1.29, 1.82) is 0 Å². The van der Waals surface area contributed by atoms with Crippen LogP contribution < -0.4 is 4.57 Å². The highest BCUT2D eigenvalue weighted by molar-refractivity contribution is 7.25. The van der Waals surface area contributed by atoms with E-state index in [0.29, 0.717) is 0 Å². The molecule has 0 bridgehead atoms. The van der Waals surface area contributed by atoms with Crippen molar-refractivity contribution in [2.45, 2.75) is 12.8 Å². The highest BCUT2D eigenvalue weighted by Gasteiger charge is 2.37. The average Bonchev–Trinajstić information content (AvgIpc) is 3.66. The third-order valence-electron chi connectivity index (χ3n) is 9.29. The number of hydrogen-bond donors (Lipinski definition) is 0. The zero-order valence-corrected chi connectivity index (χ0v) is 26.8. The molecule has 5 heteroatoms. The first-order valence-corrected chi connectivity index (χ1v) is 17.1. The first-order chi connectivity index (χ1) is 22.8. The van der Waals surface area contributed by atoms with Gasteiger partial charge in [-0.25, -0.2) is 0 Å². The van der Waals surface area contributed by atoms with Gasteiger partial charge >= 0.3 is 0 Å². The molecule has 0 fully saturated rings. The standard InChI is InChI=1S/C40H26N3S.CH3Cl/c1-4-12-35-30(9-1)32-22-27(14-16-36(32)43(35)29-15-17-38-33(24-29)40-39(44-38)13-6-19-41-40)25-7-5-8-26(21-25)28-18-20-42-34-11-3-2-10-31(34)37(42)23-28;1-2/h1,4-24H,2-3H2;1H3/q+1;. The van der Waals surface area contributed by atoms with Gasteiger partial charge in [0.1, 0.15) is 5.57 Å². The number of alkyl halides is 1. The Hall–Kier alpha value is -5.03. The van der Waals surface area contributed by atoms with Gasteiger partial charge in [-0.15, -0.1) is 22.9 Å². The van der Waals surface area contributed by atoms with E-state index in [2.05, 4.69) is 142 Å². The molecule has 0 radical (unpaired) electrons. The van der Waals surface area contributed by atoms with Crippen molar-refractivity contribution in [3.63, 3.8) is 0 Å². The van der Waals surface area contributed by atoms with Crippen LogP contribution in [0.15, 0.2) is 134 Å². The Bertz CT molecular complexity index is 2570. The molecule has 0 amide bonds. The monoisotopic (exact) mass is 630 g/mol. The van der Waals surface area contributed by atoms with Gasteiger partial charge in [0.25, 0.3) is 0 Å². The zero-order valence-electron chi connectivity index (χ0n) is 25.2. The van der Waals surface area contributed by atoms with Crippen LogP contribution in [-0.2, 0) is 0 Å². The van der Waals surface area contributed by atoms with Gasteiger partial charge in [0, 0.05) is 51.3 Å². The fourth-order valence-electron chi connectivity index (χ4n) is 7.20. The molecular weight excluding hydrogens is 602 g/mol. The molecule has 1 aliphatic heterocycles. The van der Waals surface area contributed by atoms with E-state index in [1.165, 1.54) is 82.2 Å². The van der Waals surface area contributed by atoms with E-state index in [0.717, 1.165) is 24.0 Å². The Labute approximate surface area is 276 Å². The summed E-state index contributed by atoms with van der Waals surface area (Å²) in [6.07, 6.45) is 12.6. The second kappa shape index (κ2) is 10.8. The number of nitrogens with zero attached hydrogens (tertiary/aromatic N) is 3. The van der Waals surface area contributed by atoms with Gasteiger partial charge in [-0.05, 0) is 95.8 Å². The molecule has 0 spiro atoms. The molecule has 0 saturated heterocycles. The second-order valence-electron chi connectivity index (χ2n) is 11.8. The lowest BCUT2D eigenvalue weighted by Gasteiger charge is -2.21. The van der Waals surface area contributed by atoms with Gasteiger partial charge in [0.15, 0.2) is 6.20 Å². The molecule has 1 aliphatic carbocycles. The van der Waals surface area contributed by atoms with Crippen LogP contribution >= 0.6 is 22.9 Å². The molecule has 2 aliphatic rings. The van der Waals surface area contributed by atoms with Crippen molar-refractivity contribution >= 4 is 76.3 Å². The number of halogens is 1. The number of aromatic nitrogens is 3. The normalized spacial score (nSPS) is 13.5. The van der Waals surface area contributed by atoms with Crippen molar-refractivity contribution in [3.05, 3.63) is 139 Å². The Balaban J connectivity index is 0.00000143. The Morgan fingerprint density at radius 2 is 1.46 bits per heavy atom. The molecule has 0 unspecified atom stereocenters. The number of para-hydroxylation sites is 1. The molecule has 46 heavy (non-hydrogen) atoms. The highest BCUT2D eigenvalue weighted by atomic mass is 35.5. The van der Waals surface area contributed by atoms with Crippen LogP contribution in [0.4, 0.5) is 0 Å². The lowest BCUT2D eigenvalue weighted by molar-refractivity contribution is -0.597. The van der Waals surface area contributed by atoms with Gasteiger partial charge in [-0.1, -0.05) is 48.5 Å². The number of pyridine rings is 2. The molecule has 220 valence electrons. The molecule has 10 rings (SSSR count). The van der Waals surface area contributed by atoms with E-state index in [1.54, 1.807) is 11.3 Å². The minimum atomic E-state index is 1.08. The van der Waals surface area contributed by atoms with Gasteiger partial charge in [-0.2, -0.15) is 4.57 Å². The summed E-state index contributed by atoms with van der Waals surface area (Å²) in [5.74, 6) is 0. The topological polar surface area (TPSA) is 21.7 Å². The van der Waals surface area contributed by atoms with Crippen LogP contribution in [0, 0.1) is 0 Å². The summed E-state index contributed by atoms with van der Waals surface area (Å²) in [6, 6.07) is 40.2. The maximum absolute atomic E-state index is 4.72. The van der Waals surface area contributed by atoms with Crippen molar-refractivity contribution in [2.75, 3.05) is 6.38 Å². The van der Waals surface area contributed by atoms with Crippen molar-refractivity contribution in [1.82, 2.24) is 9.55 Å². The number of hydrogen-bond acceptors (Lipinski definition) is 2. The maximum atomic E-state index is 4.72. The van der Waals surface area contributed by atoms with Crippen molar-refractivity contribution in [3.8, 4) is 27.9 Å². The van der Waals surface area contributed by atoms with E-state index in [-0.39, 0.29) is 0 Å². The van der Waals surface area contributed by atoms with Crippen LogP contribution in [0.3, 0.4) is 0 Å². The van der Waals surface area contributed by atoms with Crippen LogP contribution in [0.5, 0.6) is 0 Å². The maximum Gasteiger partial charge on any atom is 0.225 e. The van der Waals surface area contributed by atoms with E-state index in [9.17, 15) is 0 Å². The van der Waals surface area contributed by atoms with Gasteiger partial charge in [0.2, 0.25) is 11.4 Å². The largest absolute Gasteiger partial charge is 0.309 e. The summed E-state index contributed by atoms with van der Waals surface area (Å²) in [5, 5.41) is 3.74. The zero-order chi connectivity index (χ0) is 30.8. The predicted molar refractivity (Wildman–Crippen MR) is 196 cm³/mol. The fraction of sp³-hybridized carbons (Fsp3) is 0.0732. The van der Waals surface area contributed by atoms with Gasteiger partial charge in [0.05, 0.1) is 21.3 Å². The quantitative estimate of drug-likeness (QED) is 0.141. The molecule has 3 nitrogen and oxygen atoms in total. The molecule has 8 aromatic rings. The second-order valence-corrected chi connectivity index (χ2v) is 12.8. The highest BCUT2D eigenvalue weighted by Crippen LogP contribution is 2.40. The van der Waals surface area contributed by atoms with E-state index in [4.69, 9.17) is 4.98 Å². The molecule has 4 aromatic carbocycles. The first-order valence-electron chi connectivity index (χ1n) is 15.6. The van der Waals surface area contributed by atoms with E-state index in [1.807, 2.05) is 12.3 Å². The van der Waals surface area contributed by atoms with Crippen LogP contribution in [0.25, 0.3) is 81.3 Å². The van der Waals surface area contributed by atoms with Gasteiger partial charge < -0.3 is 4.57 Å². The number of fused-ring (bicyclic) bond motifs is 10. The molecule has 0 N–H and O–H groups in total. The van der Waals surface area contributed by atoms with Crippen LogP contribution in [0.2, 0.25) is 0 Å². The number of thiophene rings is 1. The summed E-state index contributed by atoms with van der Waals surface area (Å²) < 4.78 is 7.21. The lowest BCUT2D eigenvalue weighted by Crippen LogP contribution is -2.46. The van der Waals surface area contributed by atoms with Gasteiger partial charge in [-0.3, -0.25) is 4.98 Å². The Morgan fingerprint density at radius 1 is 0.652 bits per heavy atom. The van der Waals surface area contributed by atoms with E-state index < -0.39 is 0 Å². The third kappa shape index (κ3) is 4.11. The number of allylic oxidation sites excluding steroid dienone is 4. The fourth-order valence-corrected chi connectivity index (χ4v) is 8.25. The average molecular weight is 631 g/mol. The minimum Gasteiger partial charge on any atom is -0.309 e. The smallest absolute Gasteiger partial charge is 0.225 e. The number of benzene rings is 4. The Kier molecular flexibility index (Phi) is 6.41. The summed E-state index contributed by atoms with van der Waals surface area (Å²) in [5.41, 5.74) is 13.7. The molecule has 0 saturated carbocycles. The minimum absolute atomic E-state index is 1.08. The molecule has 5 heterocycles. The molecular formula is C41H29ClN3S+. The number of rotatable bonds is 3. The Morgan fingerprint density at radius 3 is 2.37 bits per heavy atom. The SMILES string of the molecule is C1=C2C(=CCC1)[n+]1ccc(-c3cccc(-c4ccc5c(c4)c4ccccc4n5-c4ccc5sc6cccnc6c5c4)c3)cc12.CCl. The third-order valence-corrected chi connectivity index (χ3v) is 10.4. The first kappa shape index (κ1) is 27.3. The van der Waals surface area contributed by atoms with E-state index >= 15 is 0 Å². The predicted octanol–water partition coefficient (Wildman–Crippen LogP) is 11.1. The van der Waals surface area contributed by atoms with Crippen molar-refractivity contribution in [2.24, 2.45) is 0 Å². The summed E-state index contributed by atoms with van der Waals surface area (Å²) >= 11 is 6.44. The van der Waals surface area contributed by atoms with Crippen molar-refractivity contribution < 1.29 is 4.57 Å².